The molecule has 4 aliphatic heterocycles. The number of sulfone groups is 1. The summed E-state index contributed by atoms with van der Waals surface area (Å²) in [5.74, 6) is -2.25. The lowest BCUT2D eigenvalue weighted by Gasteiger charge is -2.35. The molecule has 0 spiro atoms. The minimum atomic E-state index is -3.78. The van der Waals surface area contributed by atoms with Crippen LogP contribution < -0.4 is 21.3 Å². The molecule has 0 unspecified atom stereocenters. The summed E-state index contributed by atoms with van der Waals surface area (Å²) < 4.78 is 51.3. The van der Waals surface area contributed by atoms with Crippen molar-refractivity contribution in [2.45, 2.75) is 204 Å². The number of nitrogens with one attached hydrogen (secondary N) is 4. The van der Waals surface area contributed by atoms with Gasteiger partial charge in [0, 0.05) is 26.9 Å². The molecule has 87 heavy (non-hydrogen) atoms. The van der Waals surface area contributed by atoms with E-state index in [1.165, 1.54) is 23.9 Å². The fourth-order valence-electron chi connectivity index (χ4n) is 12.6. The number of hydrogen-bond donors (Lipinski definition) is 4. The van der Waals surface area contributed by atoms with Crippen LogP contribution in [-0.2, 0) is 70.4 Å². The number of thioether (sulfide) groups is 2. The Morgan fingerprint density at radius 1 is 0.609 bits per heavy atom. The van der Waals surface area contributed by atoms with Gasteiger partial charge in [-0.2, -0.15) is 0 Å². The van der Waals surface area contributed by atoms with E-state index in [4.69, 9.17) is 18.9 Å². The van der Waals surface area contributed by atoms with Crippen molar-refractivity contribution in [2.75, 3.05) is 50.3 Å². The Balaban J connectivity index is 0.880. The fourth-order valence-corrected chi connectivity index (χ4v) is 16.7. The number of rotatable bonds is 18. The molecular weight excluding hydrogens is 1180 g/mol. The first-order valence-electron chi connectivity index (χ1n) is 30.2. The van der Waals surface area contributed by atoms with Crippen LogP contribution in [0.4, 0.5) is 9.59 Å². The maximum atomic E-state index is 14.8. The van der Waals surface area contributed by atoms with Gasteiger partial charge >= 0.3 is 12.2 Å². The second kappa shape index (κ2) is 26.4. The third-order valence-electron chi connectivity index (χ3n) is 17.4. The van der Waals surface area contributed by atoms with E-state index in [1.54, 1.807) is 88.7 Å². The zero-order valence-corrected chi connectivity index (χ0v) is 55.2. The minimum Gasteiger partial charge on any atom is -0.444 e. The zero-order chi connectivity index (χ0) is 63.9. The van der Waals surface area contributed by atoms with Gasteiger partial charge in [-0.1, -0.05) is 76.2 Å². The van der Waals surface area contributed by atoms with Crippen LogP contribution in [0.3, 0.4) is 0 Å². The van der Waals surface area contributed by atoms with Crippen LogP contribution in [0.15, 0.2) is 48.5 Å². The van der Waals surface area contributed by atoms with Gasteiger partial charge in [0.25, 0.3) is 0 Å². The van der Waals surface area contributed by atoms with Gasteiger partial charge in [0.15, 0.2) is 9.84 Å². The molecule has 0 bridgehead atoms. The summed E-state index contributed by atoms with van der Waals surface area (Å²) in [5.41, 5.74) is 0.590. The van der Waals surface area contributed by atoms with Crippen LogP contribution in [0.1, 0.15) is 143 Å². The van der Waals surface area contributed by atoms with E-state index >= 15 is 0 Å². The molecule has 4 fully saturated rings. The predicted molar refractivity (Wildman–Crippen MR) is 331 cm³/mol. The normalized spacial score (nSPS) is 27.2. The first kappa shape index (κ1) is 67.3. The molecule has 480 valence electrons. The largest absolute Gasteiger partial charge is 0.444 e. The lowest BCUT2D eigenvalue weighted by Crippen LogP contribution is -2.58. The monoisotopic (exact) mass is 1270 g/mol. The third-order valence-corrected chi connectivity index (χ3v) is 21.5. The summed E-state index contributed by atoms with van der Waals surface area (Å²) in [6.07, 6.45) is -0.160. The van der Waals surface area contributed by atoms with Crippen LogP contribution in [0, 0.1) is 10.8 Å². The lowest BCUT2D eigenvalue weighted by atomic mass is 9.83. The molecule has 4 saturated heterocycles. The van der Waals surface area contributed by atoms with Crippen molar-refractivity contribution in [3.8, 4) is 0 Å². The van der Waals surface area contributed by atoms with Crippen LogP contribution >= 0.6 is 23.5 Å². The summed E-state index contributed by atoms with van der Waals surface area (Å²) in [4.78, 5) is 117. The number of fused-ring (bicyclic) bond motifs is 4. The number of benzene rings is 2. The van der Waals surface area contributed by atoms with Gasteiger partial charge in [0.1, 0.15) is 47.5 Å². The van der Waals surface area contributed by atoms with Crippen LogP contribution in [-0.4, -0.2) is 196 Å². The van der Waals surface area contributed by atoms with Gasteiger partial charge in [0.05, 0.1) is 59.8 Å². The van der Waals surface area contributed by atoms with Gasteiger partial charge in [-0.05, 0) is 126 Å². The van der Waals surface area contributed by atoms with Crippen molar-refractivity contribution in [1.29, 1.82) is 0 Å². The van der Waals surface area contributed by atoms with Crippen LogP contribution in [0.5, 0.6) is 0 Å². The topological polar surface area (TPSA) is 269 Å². The highest BCUT2D eigenvalue weighted by molar-refractivity contribution is 8.00. The second-order valence-electron chi connectivity index (χ2n) is 27.3. The summed E-state index contributed by atoms with van der Waals surface area (Å²) in [5, 5.41) is 11.5. The first-order chi connectivity index (χ1) is 40.6. The van der Waals surface area contributed by atoms with Crippen LogP contribution in [0.25, 0.3) is 0 Å². The van der Waals surface area contributed by atoms with E-state index in [-0.39, 0.29) is 35.5 Å². The second-order valence-corrected chi connectivity index (χ2v) is 32.2. The maximum Gasteiger partial charge on any atom is 0.410 e. The van der Waals surface area contributed by atoms with Crippen LogP contribution in [0.2, 0.25) is 0 Å². The van der Waals surface area contributed by atoms with Crippen molar-refractivity contribution < 1.29 is 65.7 Å². The van der Waals surface area contributed by atoms with E-state index in [1.807, 2.05) is 76.2 Å². The quantitative estimate of drug-likeness (QED) is 0.140. The molecule has 0 aromatic heterocycles. The highest BCUT2D eigenvalue weighted by Crippen LogP contribution is 2.49. The molecule has 25 heteroatoms. The highest BCUT2D eigenvalue weighted by Gasteiger charge is 2.57. The van der Waals surface area contributed by atoms with Crippen molar-refractivity contribution >= 4 is 81.0 Å². The van der Waals surface area contributed by atoms with Gasteiger partial charge < -0.3 is 50.0 Å². The molecule has 22 nitrogen and oxygen atoms in total. The average Bonchev–Trinajstić information content (AvgIpc) is 1.66. The fraction of sp³-hybridized carbons (Fsp3) is 0.677. The molecule has 0 saturated carbocycles. The Morgan fingerprint density at radius 2 is 0.966 bits per heavy atom. The van der Waals surface area contributed by atoms with E-state index in [9.17, 15) is 46.8 Å². The molecule has 4 heterocycles. The van der Waals surface area contributed by atoms with E-state index in [0.29, 0.717) is 50.0 Å². The standard InChI is InChI=1S/C62H90N8O14S3/c1-35(67(13)57(77)83-59(3,4)5)51(71)63-41-23-27-85-45-33-61(9,10)49(69(45)55(41)75)53(73)65-47-39-21-17-15-19-37(39)31-43(47)81-25-29-87(79,80)30-26-82-44-32-38-20-16-18-22-40(38)48(44)66-54(74)50-62(11,12)34-46-70(50)56(76)42(24-28-86-46)64-52(72)36(2)68(14)58(78)84-60(6,7)8/h15-22,35-36,41-50H,23-34H2,1-14H3,(H,63,71)(H,64,72)(H,65,73)(H,66,74)/t35-,36-,41-,42-,43+,44+,45-,46-,47-,48-,49+,50+/m0/s1. The Kier molecular flexibility index (Phi) is 20.5. The lowest BCUT2D eigenvalue weighted by molar-refractivity contribution is -0.144. The number of likely N-dealkylation sites (N-methyl/N-ethyl adjacent to an activating group) is 2. The molecule has 2 aromatic carbocycles. The third kappa shape index (κ3) is 15.5. The number of carbonyl (C=O) groups excluding carboxylic acids is 8. The molecule has 2 aliphatic carbocycles. The molecule has 6 aliphatic rings. The summed E-state index contributed by atoms with van der Waals surface area (Å²) in [6.45, 7) is 20.9. The zero-order valence-electron chi connectivity index (χ0n) is 52.8. The molecular formula is C62H90N8O14S3. The Labute approximate surface area is 521 Å². The molecule has 8 amide bonds. The first-order valence-corrected chi connectivity index (χ1v) is 34.1. The SMILES string of the molecule is C[C@@H](C(=O)N[C@H]1CCS[C@H]2CC(C)(C)[C@@H](C(=O)N[C@H]3c4ccccc4C[C@H]3OCCS(=O)(=O)CCO[C@@H]3Cc4ccccc4[C@@H]3NC(=O)[C@H]3N4C(=O)[C@@H](NC(=O)[C@H](C)N(C)C(=O)OC(C)(C)C)CCS[C@H]4CC3(C)C)N2C1=O)N(C)C(=O)OC(C)(C)C. The number of ether oxygens (including phenoxy) is 4. The van der Waals surface area contributed by atoms with Crippen molar-refractivity contribution in [3.63, 3.8) is 0 Å². The molecule has 8 rings (SSSR count). The van der Waals surface area contributed by atoms with Crippen molar-refractivity contribution in [3.05, 3.63) is 70.8 Å². The number of nitrogens with zero attached hydrogens (tertiary/aromatic N) is 4. The van der Waals surface area contributed by atoms with Gasteiger partial charge in [-0.15, -0.1) is 23.5 Å². The van der Waals surface area contributed by atoms with E-state index in [2.05, 4.69) is 21.3 Å². The number of amides is 8. The summed E-state index contributed by atoms with van der Waals surface area (Å²) >= 11 is 3.12. The maximum absolute atomic E-state index is 14.8. The number of hydrogen-bond acceptors (Lipinski definition) is 16. The predicted octanol–water partition coefficient (Wildman–Crippen LogP) is 5.66. The highest BCUT2D eigenvalue weighted by atomic mass is 32.2. The molecule has 4 N–H and O–H groups in total. The van der Waals surface area contributed by atoms with Gasteiger partial charge in [-0.3, -0.25) is 38.6 Å². The summed E-state index contributed by atoms with van der Waals surface area (Å²) in [6, 6.07) is 8.18. The molecule has 12 atom stereocenters. The summed E-state index contributed by atoms with van der Waals surface area (Å²) in [7, 11) is -0.863. The van der Waals surface area contributed by atoms with Crippen molar-refractivity contribution in [1.82, 2.24) is 40.9 Å². The molecule has 2 aromatic rings. The Bertz CT molecular complexity index is 2870. The average molecular weight is 1270 g/mol. The van der Waals surface area contributed by atoms with Crippen molar-refractivity contribution in [2.24, 2.45) is 10.8 Å². The van der Waals surface area contributed by atoms with E-state index < -0.39 is 140 Å². The molecule has 0 radical (unpaired) electrons. The minimum absolute atomic E-state index is 0.180. The van der Waals surface area contributed by atoms with Gasteiger partial charge in [-0.25, -0.2) is 18.0 Å². The number of carbonyl (C=O) groups is 8. The Morgan fingerprint density at radius 3 is 1.32 bits per heavy atom. The van der Waals surface area contributed by atoms with E-state index in [0.717, 1.165) is 22.3 Å². The van der Waals surface area contributed by atoms with Gasteiger partial charge in [0.2, 0.25) is 35.4 Å². The smallest absolute Gasteiger partial charge is 0.410 e. The Hall–Kier alpha value is -5.63.